The van der Waals surface area contributed by atoms with E-state index in [0.717, 1.165) is 17.0 Å². The smallest absolute Gasteiger partial charge is 0.236 e. The Morgan fingerprint density at radius 1 is 1.35 bits per heavy atom. The summed E-state index contributed by atoms with van der Waals surface area (Å²) in [6.45, 7) is 9.46. The van der Waals surface area contributed by atoms with Gasteiger partial charge in [0.2, 0.25) is 11.8 Å². The molecule has 0 aromatic carbocycles. The Morgan fingerprint density at radius 3 is 2.57 bits per heavy atom. The molecule has 2 heterocycles. The van der Waals surface area contributed by atoms with E-state index in [0.29, 0.717) is 32.5 Å². The van der Waals surface area contributed by atoms with Crippen molar-refractivity contribution in [3.05, 3.63) is 17.0 Å². The first-order valence-electron chi connectivity index (χ1n) is 8.05. The summed E-state index contributed by atoms with van der Waals surface area (Å²) in [5.41, 5.74) is 7.33. The molecule has 1 aliphatic rings. The van der Waals surface area contributed by atoms with Crippen LogP contribution in [0.2, 0.25) is 0 Å². The Labute approximate surface area is 136 Å². The zero-order valence-corrected chi connectivity index (χ0v) is 14.3. The third-order valence-electron chi connectivity index (χ3n) is 4.54. The molecule has 23 heavy (non-hydrogen) atoms. The third kappa shape index (κ3) is 3.90. The molecule has 128 valence electrons. The molecule has 0 saturated carbocycles. The minimum Gasteiger partial charge on any atom is -0.368 e. The minimum absolute atomic E-state index is 0.0413. The lowest BCUT2D eigenvalue weighted by Crippen LogP contribution is -2.61. The molecule has 1 unspecified atom stereocenters. The van der Waals surface area contributed by atoms with Gasteiger partial charge in [-0.25, -0.2) is 0 Å². The number of primary amides is 1. The Balaban J connectivity index is 1.96. The number of hydrogen-bond donors (Lipinski definition) is 1. The van der Waals surface area contributed by atoms with Crippen LogP contribution >= 0.6 is 0 Å². The number of nitrogens with two attached hydrogens (primary N) is 1. The van der Waals surface area contributed by atoms with E-state index in [1.165, 1.54) is 0 Å². The normalized spacial score (nSPS) is 19.3. The van der Waals surface area contributed by atoms with Gasteiger partial charge in [-0.3, -0.25) is 14.5 Å². The molecule has 0 radical (unpaired) electrons. The van der Waals surface area contributed by atoms with E-state index in [1.807, 2.05) is 27.7 Å². The number of carbonyl (C=O) groups excluding carboxylic acids is 2. The Bertz CT molecular complexity index is 562. The second kappa shape index (κ2) is 7.12. The molecule has 0 bridgehead atoms. The second-order valence-electron chi connectivity index (χ2n) is 6.39. The van der Waals surface area contributed by atoms with Gasteiger partial charge in [-0.15, -0.1) is 0 Å². The van der Waals surface area contributed by atoms with Gasteiger partial charge in [0.05, 0.1) is 5.69 Å². The van der Waals surface area contributed by atoms with Gasteiger partial charge in [0.1, 0.15) is 11.8 Å². The molecule has 1 saturated heterocycles. The summed E-state index contributed by atoms with van der Waals surface area (Å²) in [7, 11) is 0. The summed E-state index contributed by atoms with van der Waals surface area (Å²) in [6.07, 6.45) is 0.988. The maximum absolute atomic E-state index is 12.5. The van der Waals surface area contributed by atoms with E-state index in [4.69, 9.17) is 10.3 Å². The number of amides is 2. The Kier molecular flexibility index (Phi) is 5.41. The maximum atomic E-state index is 12.5. The lowest BCUT2D eigenvalue weighted by molar-refractivity contribution is -0.138. The molecule has 1 aliphatic heterocycles. The molecule has 1 aromatic rings. The van der Waals surface area contributed by atoms with E-state index < -0.39 is 6.04 Å². The standard InChI is InChI=1S/C16H26N4O3/c1-10(2)20-8-7-19(9-14(20)16(17)22)15(21)6-5-13-11(3)18-23-12(13)4/h10,14H,5-9H2,1-4H3,(H2,17,22). The van der Waals surface area contributed by atoms with Crippen molar-refractivity contribution in [1.82, 2.24) is 15.0 Å². The number of carbonyl (C=O) groups is 2. The topological polar surface area (TPSA) is 92.7 Å². The monoisotopic (exact) mass is 322 g/mol. The van der Waals surface area contributed by atoms with Crippen LogP contribution in [0.4, 0.5) is 0 Å². The maximum Gasteiger partial charge on any atom is 0.236 e. The minimum atomic E-state index is -0.410. The fraction of sp³-hybridized carbons (Fsp3) is 0.688. The number of hydrogen-bond acceptors (Lipinski definition) is 5. The molecule has 0 spiro atoms. The van der Waals surface area contributed by atoms with Crippen molar-refractivity contribution in [2.45, 2.75) is 52.6 Å². The molecule has 2 amide bonds. The summed E-state index contributed by atoms with van der Waals surface area (Å²) in [6, 6.07) is -0.182. The van der Waals surface area contributed by atoms with Crippen LogP contribution in [0.15, 0.2) is 4.52 Å². The molecular weight excluding hydrogens is 296 g/mol. The fourth-order valence-electron chi connectivity index (χ4n) is 3.14. The lowest BCUT2D eigenvalue weighted by Gasteiger charge is -2.42. The summed E-state index contributed by atoms with van der Waals surface area (Å²) in [4.78, 5) is 28.0. The molecule has 1 fully saturated rings. The van der Waals surface area contributed by atoms with Crippen LogP contribution in [-0.4, -0.2) is 58.5 Å². The van der Waals surface area contributed by atoms with Crippen LogP contribution in [0.5, 0.6) is 0 Å². The van der Waals surface area contributed by atoms with Crippen molar-refractivity contribution >= 4 is 11.8 Å². The third-order valence-corrected chi connectivity index (χ3v) is 4.54. The first kappa shape index (κ1) is 17.5. The van der Waals surface area contributed by atoms with Gasteiger partial charge in [-0.05, 0) is 34.1 Å². The second-order valence-corrected chi connectivity index (χ2v) is 6.39. The van der Waals surface area contributed by atoms with Crippen LogP contribution in [0.3, 0.4) is 0 Å². The summed E-state index contributed by atoms with van der Waals surface area (Å²) in [5, 5.41) is 3.90. The van der Waals surface area contributed by atoms with Crippen molar-refractivity contribution in [3.63, 3.8) is 0 Å². The van der Waals surface area contributed by atoms with Crippen molar-refractivity contribution in [3.8, 4) is 0 Å². The van der Waals surface area contributed by atoms with Crippen molar-refractivity contribution in [2.75, 3.05) is 19.6 Å². The predicted molar refractivity (Wildman–Crippen MR) is 85.7 cm³/mol. The zero-order valence-electron chi connectivity index (χ0n) is 14.3. The fourth-order valence-corrected chi connectivity index (χ4v) is 3.14. The van der Waals surface area contributed by atoms with E-state index in [1.54, 1.807) is 4.90 Å². The predicted octanol–water partition coefficient (Wildman–Crippen LogP) is 0.631. The van der Waals surface area contributed by atoms with Crippen molar-refractivity contribution in [1.29, 1.82) is 0 Å². The highest BCUT2D eigenvalue weighted by Gasteiger charge is 2.34. The summed E-state index contributed by atoms with van der Waals surface area (Å²) < 4.78 is 5.12. The molecule has 0 aliphatic carbocycles. The van der Waals surface area contributed by atoms with Crippen LogP contribution in [0.25, 0.3) is 0 Å². The summed E-state index contributed by atoms with van der Waals surface area (Å²) >= 11 is 0. The van der Waals surface area contributed by atoms with Crippen molar-refractivity contribution in [2.24, 2.45) is 5.73 Å². The molecular formula is C16H26N4O3. The summed E-state index contributed by atoms with van der Waals surface area (Å²) in [5.74, 6) is 0.427. The molecule has 7 nitrogen and oxygen atoms in total. The molecule has 7 heteroatoms. The van der Waals surface area contributed by atoms with Gasteiger partial charge in [0.25, 0.3) is 0 Å². The van der Waals surface area contributed by atoms with E-state index in [-0.39, 0.29) is 17.9 Å². The van der Waals surface area contributed by atoms with Crippen LogP contribution in [0.1, 0.15) is 37.3 Å². The molecule has 2 rings (SSSR count). The molecule has 2 N–H and O–H groups in total. The highest BCUT2D eigenvalue weighted by atomic mass is 16.5. The number of aromatic nitrogens is 1. The van der Waals surface area contributed by atoms with E-state index >= 15 is 0 Å². The number of aryl methyl sites for hydroxylation is 2. The van der Waals surface area contributed by atoms with Crippen LogP contribution in [-0.2, 0) is 16.0 Å². The van der Waals surface area contributed by atoms with Gasteiger partial charge in [-0.1, -0.05) is 5.16 Å². The Morgan fingerprint density at radius 2 is 2.04 bits per heavy atom. The quantitative estimate of drug-likeness (QED) is 0.858. The largest absolute Gasteiger partial charge is 0.368 e. The lowest BCUT2D eigenvalue weighted by atomic mass is 10.1. The highest BCUT2D eigenvalue weighted by Crippen LogP contribution is 2.17. The van der Waals surface area contributed by atoms with Gasteiger partial charge in [0.15, 0.2) is 0 Å². The SMILES string of the molecule is Cc1noc(C)c1CCC(=O)N1CCN(C(C)C)C(C(N)=O)C1. The number of nitrogens with zero attached hydrogens (tertiary/aromatic N) is 3. The van der Waals surface area contributed by atoms with Crippen LogP contribution < -0.4 is 5.73 Å². The number of rotatable bonds is 5. The zero-order chi connectivity index (χ0) is 17.1. The average Bonchev–Trinajstić information content (AvgIpc) is 2.82. The van der Waals surface area contributed by atoms with Crippen LogP contribution in [0, 0.1) is 13.8 Å². The number of piperazine rings is 1. The van der Waals surface area contributed by atoms with Crippen molar-refractivity contribution < 1.29 is 14.1 Å². The first-order valence-corrected chi connectivity index (χ1v) is 8.05. The van der Waals surface area contributed by atoms with Gasteiger partial charge < -0.3 is 15.2 Å². The van der Waals surface area contributed by atoms with Gasteiger partial charge >= 0.3 is 0 Å². The highest BCUT2D eigenvalue weighted by molar-refractivity contribution is 5.82. The van der Waals surface area contributed by atoms with E-state index in [9.17, 15) is 9.59 Å². The van der Waals surface area contributed by atoms with Gasteiger partial charge in [0, 0.05) is 37.7 Å². The first-order chi connectivity index (χ1) is 10.8. The molecule has 1 atom stereocenters. The Hall–Kier alpha value is -1.89. The van der Waals surface area contributed by atoms with Gasteiger partial charge in [-0.2, -0.15) is 0 Å². The van der Waals surface area contributed by atoms with E-state index in [2.05, 4.69) is 10.1 Å². The average molecular weight is 322 g/mol. The molecule has 1 aromatic heterocycles.